The molecule has 1 aliphatic rings. The van der Waals surface area contributed by atoms with E-state index in [0.717, 1.165) is 63.9 Å². The number of aryl methyl sites for hydroxylation is 1. The van der Waals surface area contributed by atoms with E-state index in [-0.39, 0.29) is 29.5 Å². The minimum absolute atomic E-state index is 0. The van der Waals surface area contributed by atoms with Crippen molar-refractivity contribution in [1.29, 1.82) is 0 Å². The summed E-state index contributed by atoms with van der Waals surface area (Å²) < 4.78 is 2.09. The summed E-state index contributed by atoms with van der Waals surface area (Å²) >= 11 is 0. The van der Waals surface area contributed by atoms with Crippen molar-refractivity contribution in [2.45, 2.75) is 59.2 Å². The number of hydrogen-bond acceptors (Lipinski definition) is 4. The second kappa shape index (κ2) is 11.6. The van der Waals surface area contributed by atoms with Crippen LogP contribution in [0.4, 0.5) is 0 Å². The highest BCUT2D eigenvalue weighted by Gasteiger charge is 2.29. The SMILES string of the molecule is CCNC(=NCC(C)(C)N1CCc2ccccc2C1)NCCn1cnnc1CC.I. The highest BCUT2D eigenvalue weighted by molar-refractivity contribution is 14.0. The zero-order valence-corrected chi connectivity index (χ0v) is 21.0. The molecular weight excluding hydrogens is 489 g/mol. The van der Waals surface area contributed by atoms with Crippen LogP contribution in [-0.2, 0) is 25.9 Å². The van der Waals surface area contributed by atoms with Crippen LogP contribution in [0.2, 0.25) is 0 Å². The summed E-state index contributed by atoms with van der Waals surface area (Å²) in [6, 6.07) is 8.79. The first-order valence-electron chi connectivity index (χ1n) is 10.7. The van der Waals surface area contributed by atoms with Gasteiger partial charge in [0.15, 0.2) is 5.96 Å². The zero-order valence-electron chi connectivity index (χ0n) is 18.7. The molecule has 0 amide bonds. The summed E-state index contributed by atoms with van der Waals surface area (Å²) in [5, 5.41) is 14.9. The summed E-state index contributed by atoms with van der Waals surface area (Å²) in [6.07, 6.45) is 3.80. The van der Waals surface area contributed by atoms with Crippen LogP contribution in [0.3, 0.4) is 0 Å². The van der Waals surface area contributed by atoms with E-state index in [1.54, 1.807) is 6.33 Å². The predicted octanol–water partition coefficient (Wildman–Crippen LogP) is 2.85. The van der Waals surface area contributed by atoms with Gasteiger partial charge in [0.05, 0.1) is 6.54 Å². The third kappa shape index (κ3) is 6.41. The maximum absolute atomic E-state index is 4.89. The van der Waals surface area contributed by atoms with Crippen LogP contribution in [0, 0.1) is 0 Å². The first-order valence-corrected chi connectivity index (χ1v) is 10.7. The van der Waals surface area contributed by atoms with Gasteiger partial charge >= 0.3 is 0 Å². The van der Waals surface area contributed by atoms with E-state index in [0.29, 0.717) is 0 Å². The Morgan fingerprint density at radius 1 is 1.17 bits per heavy atom. The molecule has 7 nitrogen and oxygen atoms in total. The fourth-order valence-electron chi connectivity index (χ4n) is 3.76. The Morgan fingerprint density at radius 3 is 2.67 bits per heavy atom. The highest BCUT2D eigenvalue weighted by Crippen LogP contribution is 2.25. The van der Waals surface area contributed by atoms with E-state index in [9.17, 15) is 0 Å². The van der Waals surface area contributed by atoms with Crippen molar-refractivity contribution < 1.29 is 0 Å². The largest absolute Gasteiger partial charge is 0.357 e. The number of halogens is 1. The quantitative estimate of drug-likeness (QED) is 0.315. The zero-order chi connectivity index (χ0) is 20.7. The summed E-state index contributed by atoms with van der Waals surface area (Å²) in [5.41, 5.74) is 2.93. The van der Waals surface area contributed by atoms with E-state index >= 15 is 0 Å². The number of nitrogens with zero attached hydrogens (tertiary/aromatic N) is 5. The van der Waals surface area contributed by atoms with E-state index in [4.69, 9.17) is 4.99 Å². The summed E-state index contributed by atoms with van der Waals surface area (Å²) in [4.78, 5) is 7.44. The minimum atomic E-state index is -0.000465. The average molecular weight is 525 g/mol. The van der Waals surface area contributed by atoms with Crippen LogP contribution >= 0.6 is 24.0 Å². The van der Waals surface area contributed by atoms with Gasteiger partial charge in [0.25, 0.3) is 0 Å². The molecule has 0 saturated heterocycles. The summed E-state index contributed by atoms with van der Waals surface area (Å²) in [5.74, 6) is 1.88. The molecule has 1 aromatic carbocycles. The summed E-state index contributed by atoms with van der Waals surface area (Å²) in [6.45, 7) is 14.1. The first-order chi connectivity index (χ1) is 14.0. The second-order valence-electron chi connectivity index (χ2n) is 8.17. The van der Waals surface area contributed by atoms with Gasteiger partial charge in [-0.2, -0.15) is 0 Å². The van der Waals surface area contributed by atoms with Gasteiger partial charge < -0.3 is 15.2 Å². The maximum atomic E-state index is 4.89. The van der Waals surface area contributed by atoms with Gasteiger partial charge in [0.1, 0.15) is 12.2 Å². The standard InChI is InChI=1S/C22H35N7.HI/c1-5-20-27-26-17-28(20)14-12-24-21(23-6-2)25-16-22(3,4)29-13-11-18-9-7-8-10-19(18)15-29;/h7-10,17H,5-6,11-16H2,1-4H3,(H2,23,24,25);1H. The molecule has 0 radical (unpaired) electrons. The van der Waals surface area contributed by atoms with Crippen LogP contribution in [0.1, 0.15) is 44.6 Å². The Hall–Kier alpha value is -1.68. The Kier molecular flexibility index (Phi) is 9.54. The van der Waals surface area contributed by atoms with Gasteiger partial charge in [0, 0.05) is 44.7 Å². The third-order valence-corrected chi connectivity index (χ3v) is 5.61. The van der Waals surface area contributed by atoms with Gasteiger partial charge in [-0.25, -0.2) is 0 Å². The molecule has 1 aliphatic heterocycles. The van der Waals surface area contributed by atoms with Crippen molar-refractivity contribution in [2.75, 3.05) is 26.2 Å². The van der Waals surface area contributed by atoms with Crippen LogP contribution in [-0.4, -0.2) is 57.3 Å². The molecule has 30 heavy (non-hydrogen) atoms. The molecule has 3 rings (SSSR count). The van der Waals surface area contributed by atoms with Crippen molar-refractivity contribution in [3.05, 3.63) is 47.5 Å². The Bertz CT molecular complexity index is 815. The highest BCUT2D eigenvalue weighted by atomic mass is 127. The topological polar surface area (TPSA) is 70.4 Å². The number of fused-ring (bicyclic) bond motifs is 1. The monoisotopic (exact) mass is 525 g/mol. The molecule has 0 unspecified atom stereocenters. The fraction of sp³-hybridized carbons (Fsp3) is 0.591. The number of hydrogen-bond donors (Lipinski definition) is 2. The maximum Gasteiger partial charge on any atom is 0.191 e. The van der Waals surface area contributed by atoms with Gasteiger partial charge in [-0.1, -0.05) is 31.2 Å². The number of aliphatic imine (C=N–C) groups is 1. The van der Waals surface area contributed by atoms with Crippen LogP contribution < -0.4 is 10.6 Å². The van der Waals surface area contributed by atoms with Gasteiger partial charge in [-0.3, -0.25) is 9.89 Å². The lowest BCUT2D eigenvalue weighted by atomic mass is 9.94. The van der Waals surface area contributed by atoms with Crippen LogP contribution in [0.25, 0.3) is 0 Å². The molecule has 0 bridgehead atoms. The Balaban J connectivity index is 0.00000320. The lowest BCUT2D eigenvalue weighted by molar-refractivity contribution is 0.111. The van der Waals surface area contributed by atoms with Crippen LogP contribution in [0.5, 0.6) is 0 Å². The van der Waals surface area contributed by atoms with E-state index < -0.39 is 0 Å². The van der Waals surface area contributed by atoms with E-state index in [1.807, 2.05) is 0 Å². The molecule has 0 saturated carbocycles. The van der Waals surface area contributed by atoms with Crippen molar-refractivity contribution in [3.8, 4) is 0 Å². The number of rotatable bonds is 8. The lowest BCUT2D eigenvalue weighted by Gasteiger charge is -2.40. The fourth-order valence-corrected chi connectivity index (χ4v) is 3.76. The summed E-state index contributed by atoms with van der Waals surface area (Å²) in [7, 11) is 0. The molecule has 0 spiro atoms. The smallest absolute Gasteiger partial charge is 0.191 e. The third-order valence-electron chi connectivity index (χ3n) is 5.61. The number of benzene rings is 1. The Morgan fingerprint density at radius 2 is 1.93 bits per heavy atom. The van der Waals surface area contributed by atoms with E-state index in [1.165, 1.54) is 11.1 Å². The van der Waals surface area contributed by atoms with Gasteiger partial charge in [0.2, 0.25) is 0 Å². The molecule has 2 N–H and O–H groups in total. The van der Waals surface area contributed by atoms with Gasteiger partial charge in [-0.05, 0) is 38.3 Å². The number of guanidine groups is 1. The van der Waals surface area contributed by atoms with Gasteiger partial charge in [-0.15, -0.1) is 34.2 Å². The number of aromatic nitrogens is 3. The van der Waals surface area contributed by atoms with Crippen LogP contribution in [0.15, 0.2) is 35.6 Å². The predicted molar refractivity (Wildman–Crippen MR) is 133 cm³/mol. The second-order valence-corrected chi connectivity index (χ2v) is 8.17. The molecular formula is C22H36IN7. The molecule has 2 heterocycles. The molecule has 0 aliphatic carbocycles. The molecule has 8 heteroatoms. The lowest BCUT2D eigenvalue weighted by Crippen LogP contribution is -2.49. The normalized spacial score (nSPS) is 14.7. The molecule has 166 valence electrons. The molecule has 0 atom stereocenters. The first kappa shape index (κ1) is 24.6. The average Bonchev–Trinajstić information content (AvgIpc) is 3.19. The Labute approximate surface area is 197 Å². The van der Waals surface area contributed by atoms with Crippen molar-refractivity contribution in [3.63, 3.8) is 0 Å². The number of nitrogens with one attached hydrogen (secondary N) is 2. The van der Waals surface area contributed by atoms with Crippen molar-refractivity contribution >= 4 is 29.9 Å². The molecule has 1 aromatic heterocycles. The molecule has 2 aromatic rings. The minimum Gasteiger partial charge on any atom is -0.357 e. The van der Waals surface area contributed by atoms with E-state index in [2.05, 4.69) is 82.3 Å². The molecule has 0 fully saturated rings. The van der Waals surface area contributed by atoms with Crippen molar-refractivity contribution in [2.24, 2.45) is 4.99 Å². The van der Waals surface area contributed by atoms with Crippen molar-refractivity contribution in [1.82, 2.24) is 30.3 Å².